The zero-order valence-corrected chi connectivity index (χ0v) is 19.6. The van der Waals surface area contributed by atoms with Gasteiger partial charge in [-0.1, -0.05) is 43.3 Å². The smallest absolute Gasteiger partial charge is 0.831 e. The Morgan fingerprint density at radius 1 is 0.606 bits per heavy atom. The van der Waals surface area contributed by atoms with Crippen LogP contribution in [0.1, 0.15) is 6.92 Å². The van der Waals surface area contributed by atoms with E-state index in [0.717, 1.165) is 22.7 Å². The molecule has 33 heavy (non-hydrogen) atoms. The number of aliphatic hydroxyl groups is 1. The summed E-state index contributed by atoms with van der Waals surface area (Å²) in [6.45, 7) is 1.17. The monoisotopic (exact) mass is 526 g/mol. The third-order valence-electron chi connectivity index (χ3n) is 3.44. The average Bonchev–Trinajstić information content (AvgIpc) is 2.84. The van der Waals surface area contributed by atoms with E-state index in [2.05, 4.69) is 32.6 Å². The van der Waals surface area contributed by atoms with Gasteiger partial charge in [0.2, 0.25) is 0 Å². The van der Waals surface area contributed by atoms with Crippen LogP contribution >= 0.6 is 0 Å². The van der Waals surface area contributed by atoms with Gasteiger partial charge in [0.1, 0.15) is 0 Å². The van der Waals surface area contributed by atoms with Crippen LogP contribution in [0, 0.1) is 12.1 Å². The molecule has 168 valence electrons. The molecule has 0 saturated carbocycles. The standard InChI is InChI=1S/2C12H9N2.C2H5O2.Rh/c2*1-3-7-11(8-4-1)13-14-12-9-5-2-6-10-12;1-2(3)4;/h2*1-9H;2-3H,1H3;/q3*-1;+3. The largest absolute Gasteiger partial charge is 3.00 e. The fourth-order valence-electron chi connectivity index (χ4n) is 2.10. The van der Waals surface area contributed by atoms with Crippen LogP contribution in [-0.2, 0) is 19.5 Å². The van der Waals surface area contributed by atoms with Crippen molar-refractivity contribution in [2.45, 2.75) is 13.2 Å². The summed E-state index contributed by atoms with van der Waals surface area (Å²) < 4.78 is 0. The summed E-state index contributed by atoms with van der Waals surface area (Å²) in [6.07, 6.45) is -1.42. The Labute approximate surface area is 207 Å². The molecule has 0 bridgehead atoms. The predicted octanol–water partition coefficient (Wildman–Crippen LogP) is 6.49. The zero-order valence-electron chi connectivity index (χ0n) is 17.9. The number of benzene rings is 4. The normalized spacial score (nSPS) is 10.9. The molecule has 4 aromatic rings. The molecule has 0 fully saturated rings. The van der Waals surface area contributed by atoms with Gasteiger partial charge in [0.25, 0.3) is 0 Å². The van der Waals surface area contributed by atoms with E-state index >= 15 is 0 Å². The van der Waals surface area contributed by atoms with Gasteiger partial charge < -0.3 is 10.2 Å². The van der Waals surface area contributed by atoms with Crippen molar-refractivity contribution in [3.8, 4) is 0 Å². The van der Waals surface area contributed by atoms with Gasteiger partial charge in [0, 0.05) is 0 Å². The zero-order chi connectivity index (χ0) is 22.9. The van der Waals surface area contributed by atoms with Crippen molar-refractivity contribution in [3.05, 3.63) is 121 Å². The number of aliphatic hydroxyl groups excluding tert-OH is 1. The van der Waals surface area contributed by atoms with Gasteiger partial charge in [-0.3, -0.25) is 0 Å². The maximum Gasteiger partial charge on any atom is 3.00 e. The van der Waals surface area contributed by atoms with Crippen molar-refractivity contribution >= 4 is 22.7 Å². The van der Waals surface area contributed by atoms with Crippen molar-refractivity contribution in [2.75, 3.05) is 0 Å². The summed E-state index contributed by atoms with van der Waals surface area (Å²) in [7, 11) is 0. The Hall–Kier alpha value is -3.38. The summed E-state index contributed by atoms with van der Waals surface area (Å²) in [5, 5.41) is 32.8. The van der Waals surface area contributed by atoms with Gasteiger partial charge in [0.15, 0.2) is 0 Å². The Bertz CT molecular complexity index is 876. The van der Waals surface area contributed by atoms with Gasteiger partial charge >= 0.3 is 19.5 Å². The van der Waals surface area contributed by atoms with E-state index in [-0.39, 0.29) is 19.5 Å². The fraction of sp³-hybridized carbons (Fsp3) is 0.0769. The Kier molecular flexibility index (Phi) is 14.4. The molecule has 0 aliphatic carbocycles. The van der Waals surface area contributed by atoms with E-state index in [1.807, 2.05) is 109 Å². The third-order valence-corrected chi connectivity index (χ3v) is 3.44. The minimum atomic E-state index is -1.42. The Morgan fingerprint density at radius 2 is 0.939 bits per heavy atom. The van der Waals surface area contributed by atoms with E-state index in [4.69, 9.17) is 10.2 Å². The molecule has 1 unspecified atom stereocenters. The minimum absolute atomic E-state index is 0. The molecule has 7 heteroatoms. The van der Waals surface area contributed by atoms with Gasteiger partial charge in [-0.25, -0.2) is 0 Å². The summed E-state index contributed by atoms with van der Waals surface area (Å²) >= 11 is 0. The average molecular weight is 526 g/mol. The van der Waals surface area contributed by atoms with Gasteiger partial charge in [-0.15, -0.1) is 12.1 Å². The van der Waals surface area contributed by atoms with Crippen LogP contribution in [0.2, 0.25) is 0 Å². The number of hydrogen-bond donors (Lipinski definition) is 1. The van der Waals surface area contributed by atoms with Crippen LogP contribution in [0.5, 0.6) is 0 Å². The number of nitrogens with zero attached hydrogens (tertiary/aromatic N) is 4. The van der Waals surface area contributed by atoms with E-state index < -0.39 is 6.29 Å². The van der Waals surface area contributed by atoms with E-state index in [0.29, 0.717) is 0 Å². The molecule has 0 saturated heterocycles. The second-order valence-corrected chi connectivity index (χ2v) is 6.17. The number of rotatable bonds is 4. The van der Waals surface area contributed by atoms with Crippen LogP contribution in [0.25, 0.3) is 0 Å². The molecule has 1 N–H and O–H groups in total. The number of hydrogen-bond acceptors (Lipinski definition) is 6. The van der Waals surface area contributed by atoms with Crippen LogP contribution in [0.15, 0.2) is 130 Å². The van der Waals surface area contributed by atoms with Crippen molar-refractivity contribution in [1.82, 2.24) is 0 Å². The quantitative estimate of drug-likeness (QED) is 0.143. The van der Waals surface area contributed by atoms with E-state index in [9.17, 15) is 0 Å². The van der Waals surface area contributed by atoms with Gasteiger partial charge in [-0.05, 0) is 41.9 Å². The molecule has 0 heterocycles. The van der Waals surface area contributed by atoms with Crippen LogP contribution < -0.4 is 5.11 Å². The maximum absolute atomic E-state index is 9.08. The van der Waals surface area contributed by atoms with Crippen molar-refractivity contribution in [2.24, 2.45) is 20.5 Å². The molecular weight excluding hydrogens is 503 g/mol. The summed E-state index contributed by atoms with van der Waals surface area (Å²) in [4.78, 5) is 0. The summed E-state index contributed by atoms with van der Waals surface area (Å²) in [6, 6.07) is 40.2. The number of azo groups is 2. The van der Waals surface area contributed by atoms with Crippen molar-refractivity contribution in [1.29, 1.82) is 0 Å². The van der Waals surface area contributed by atoms with Gasteiger partial charge in [-0.2, -0.15) is 69.0 Å². The first-order valence-electron chi connectivity index (χ1n) is 9.84. The van der Waals surface area contributed by atoms with E-state index in [1.165, 1.54) is 6.92 Å². The molecule has 4 aromatic carbocycles. The third kappa shape index (κ3) is 13.6. The maximum atomic E-state index is 9.08. The molecule has 6 nitrogen and oxygen atoms in total. The van der Waals surface area contributed by atoms with Crippen LogP contribution in [0.3, 0.4) is 0 Å². The first-order valence-corrected chi connectivity index (χ1v) is 9.84. The molecule has 0 aromatic heterocycles. The molecule has 1 atom stereocenters. The second kappa shape index (κ2) is 17.2. The molecule has 4 rings (SSSR count). The van der Waals surface area contributed by atoms with Crippen LogP contribution in [0.4, 0.5) is 22.7 Å². The molecule has 0 radical (unpaired) electrons. The Balaban J connectivity index is 0.000000278. The van der Waals surface area contributed by atoms with Crippen molar-refractivity contribution < 1.29 is 29.7 Å². The molecule has 0 aliphatic rings. The molecule has 0 aliphatic heterocycles. The Morgan fingerprint density at radius 3 is 1.24 bits per heavy atom. The van der Waals surface area contributed by atoms with Crippen molar-refractivity contribution in [3.63, 3.8) is 0 Å². The minimum Gasteiger partial charge on any atom is -0.831 e. The van der Waals surface area contributed by atoms with E-state index in [1.54, 1.807) is 0 Å². The first kappa shape index (κ1) is 27.7. The molecule has 0 amide bonds. The van der Waals surface area contributed by atoms with Gasteiger partial charge in [0.05, 0.1) is 11.4 Å². The SMILES string of the molecule is CC([O-])O.[Rh+3].[c-]1ccccc1N=Nc1ccccc1.[c-]1ccccc1N=Nc1ccccc1. The topological polar surface area (TPSA) is 92.7 Å². The molecule has 0 spiro atoms. The summed E-state index contributed by atoms with van der Waals surface area (Å²) in [5.74, 6) is 0. The summed E-state index contributed by atoms with van der Waals surface area (Å²) in [5.41, 5.74) is 3.20. The second-order valence-electron chi connectivity index (χ2n) is 6.17. The first-order chi connectivity index (χ1) is 15.6. The molecular formula is C26H23N4O2Rh. The predicted molar refractivity (Wildman–Crippen MR) is 123 cm³/mol. The fourth-order valence-corrected chi connectivity index (χ4v) is 2.10. The van der Waals surface area contributed by atoms with Crippen LogP contribution in [-0.4, -0.2) is 11.4 Å².